The van der Waals surface area contributed by atoms with E-state index < -0.39 is 0 Å². The second-order valence-corrected chi connectivity index (χ2v) is 6.01. The molecule has 1 fully saturated rings. The van der Waals surface area contributed by atoms with Gasteiger partial charge in [0.1, 0.15) is 0 Å². The Morgan fingerprint density at radius 3 is 2.05 bits per heavy atom. The normalized spacial score (nSPS) is 15.6. The van der Waals surface area contributed by atoms with Gasteiger partial charge in [-0.05, 0) is 48.3 Å². The maximum Gasteiger partial charge on any atom is 0.0406 e. The standard InChI is InChI=1S/C15H21Cl.ClH.H3N.H2O/c1-12(2)8-11-15(9-3-10-15)13-4-6-14(16)7-5-13;;;/h4-7,12H,3,8-11H2,1-2H3;1H;1H3;1H2. The van der Waals surface area contributed by atoms with E-state index in [1.807, 2.05) is 12.1 Å². The van der Waals surface area contributed by atoms with E-state index in [0.717, 1.165) is 10.9 Å². The highest BCUT2D eigenvalue weighted by atomic mass is 35.5. The molecule has 0 aromatic heterocycles. The topological polar surface area (TPSA) is 66.5 Å². The molecule has 0 spiro atoms. The van der Waals surface area contributed by atoms with Gasteiger partial charge in [-0.2, -0.15) is 0 Å². The fourth-order valence-corrected chi connectivity index (χ4v) is 2.78. The summed E-state index contributed by atoms with van der Waals surface area (Å²) in [5.41, 5.74) is 1.98. The van der Waals surface area contributed by atoms with Crippen LogP contribution < -0.4 is 6.15 Å². The van der Waals surface area contributed by atoms with Gasteiger partial charge < -0.3 is 11.6 Å². The minimum atomic E-state index is 0. The van der Waals surface area contributed by atoms with Gasteiger partial charge in [0.25, 0.3) is 0 Å². The highest BCUT2D eigenvalue weighted by Crippen LogP contribution is 2.47. The first-order valence-electron chi connectivity index (χ1n) is 6.38. The maximum atomic E-state index is 5.95. The van der Waals surface area contributed by atoms with Gasteiger partial charge in [-0.25, -0.2) is 0 Å². The Hall–Kier alpha value is -0.280. The number of benzene rings is 1. The molecular weight excluding hydrogens is 281 g/mol. The van der Waals surface area contributed by atoms with Crippen molar-refractivity contribution >= 4 is 24.0 Å². The third-order valence-electron chi connectivity index (χ3n) is 3.97. The van der Waals surface area contributed by atoms with Crippen molar-refractivity contribution < 1.29 is 5.48 Å². The number of hydrogen-bond acceptors (Lipinski definition) is 1. The summed E-state index contributed by atoms with van der Waals surface area (Å²) in [7, 11) is 0. The van der Waals surface area contributed by atoms with Gasteiger partial charge in [0.15, 0.2) is 0 Å². The summed E-state index contributed by atoms with van der Waals surface area (Å²) in [6, 6.07) is 8.52. The molecule has 4 heteroatoms. The first-order valence-corrected chi connectivity index (χ1v) is 6.76. The molecule has 0 unspecified atom stereocenters. The Balaban J connectivity index is 0. The van der Waals surface area contributed by atoms with Crippen molar-refractivity contribution in [3.05, 3.63) is 34.9 Å². The third kappa shape index (κ3) is 4.96. The zero-order chi connectivity index (χ0) is 11.6. The van der Waals surface area contributed by atoms with E-state index in [1.165, 1.54) is 37.7 Å². The second-order valence-electron chi connectivity index (χ2n) is 5.57. The molecule has 0 atom stereocenters. The van der Waals surface area contributed by atoms with Crippen LogP contribution in [0, 0.1) is 5.92 Å². The SMILES string of the molecule is CC(C)CCC1(c2ccc(Cl)cc2)CCC1.Cl.N.O. The van der Waals surface area contributed by atoms with Crippen molar-refractivity contribution in [2.75, 3.05) is 0 Å². The summed E-state index contributed by atoms with van der Waals surface area (Å²) >= 11 is 5.95. The number of hydrogen-bond donors (Lipinski definition) is 1. The van der Waals surface area contributed by atoms with E-state index in [4.69, 9.17) is 11.6 Å². The molecule has 19 heavy (non-hydrogen) atoms. The van der Waals surface area contributed by atoms with Crippen LogP contribution in [-0.2, 0) is 5.41 Å². The van der Waals surface area contributed by atoms with E-state index in [-0.39, 0.29) is 24.0 Å². The Morgan fingerprint density at radius 1 is 1.16 bits per heavy atom. The van der Waals surface area contributed by atoms with Crippen molar-refractivity contribution in [3.8, 4) is 0 Å². The van der Waals surface area contributed by atoms with E-state index >= 15 is 0 Å². The lowest BCUT2D eigenvalue weighted by molar-refractivity contribution is 0.211. The van der Waals surface area contributed by atoms with Crippen LogP contribution in [0.2, 0.25) is 5.02 Å². The van der Waals surface area contributed by atoms with Crippen molar-refractivity contribution in [2.45, 2.75) is 51.4 Å². The molecule has 0 heterocycles. The van der Waals surface area contributed by atoms with Crippen LogP contribution in [0.4, 0.5) is 0 Å². The van der Waals surface area contributed by atoms with Crippen LogP contribution >= 0.6 is 24.0 Å². The first-order chi connectivity index (χ1) is 7.62. The molecule has 112 valence electrons. The summed E-state index contributed by atoms with van der Waals surface area (Å²) in [6.07, 6.45) is 6.79. The van der Waals surface area contributed by atoms with Gasteiger partial charge in [0.05, 0.1) is 0 Å². The highest BCUT2D eigenvalue weighted by Gasteiger charge is 2.37. The predicted molar refractivity (Wildman–Crippen MR) is 86.9 cm³/mol. The number of halogens is 2. The Kier molecular flexibility index (Phi) is 9.74. The van der Waals surface area contributed by atoms with Crippen molar-refractivity contribution in [2.24, 2.45) is 5.92 Å². The smallest absolute Gasteiger partial charge is 0.0406 e. The molecule has 0 bridgehead atoms. The van der Waals surface area contributed by atoms with Crippen LogP contribution in [-0.4, -0.2) is 5.48 Å². The summed E-state index contributed by atoms with van der Waals surface area (Å²) in [4.78, 5) is 0. The van der Waals surface area contributed by atoms with Crippen molar-refractivity contribution in [1.29, 1.82) is 0 Å². The lowest BCUT2D eigenvalue weighted by Gasteiger charge is -2.43. The molecule has 1 aliphatic carbocycles. The molecule has 0 amide bonds. The van der Waals surface area contributed by atoms with Crippen LogP contribution in [0.15, 0.2) is 24.3 Å². The van der Waals surface area contributed by atoms with Gasteiger partial charge in [-0.15, -0.1) is 12.4 Å². The minimum Gasteiger partial charge on any atom is -0.412 e. The fourth-order valence-electron chi connectivity index (χ4n) is 2.65. The van der Waals surface area contributed by atoms with Crippen molar-refractivity contribution in [3.63, 3.8) is 0 Å². The third-order valence-corrected chi connectivity index (χ3v) is 4.22. The van der Waals surface area contributed by atoms with E-state index in [0.29, 0.717) is 5.41 Å². The molecule has 1 aromatic rings. The lowest BCUT2D eigenvalue weighted by atomic mass is 9.61. The minimum absolute atomic E-state index is 0. The first kappa shape index (κ1) is 21.0. The Bertz CT molecular complexity index is 348. The van der Waals surface area contributed by atoms with E-state index in [2.05, 4.69) is 26.0 Å². The molecule has 1 aliphatic rings. The number of rotatable bonds is 4. The zero-order valence-corrected chi connectivity index (χ0v) is 13.5. The second kappa shape index (κ2) is 8.80. The summed E-state index contributed by atoms with van der Waals surface area (Å²) in [5, 5.41) is 0.849. The Labute approximate surface area is 128 Å². The van der Waals surface area contributed by atoms with E-state index in [1.54, 1.807) is 0 Å². The highest BCUT2D eigenvalue weighted by molar-refractivity contribution is 6.30. The largest absolute Gasteiger partial charge is 0.412 e. The fraction of sp³-hybridized carbons (Fsp3) is 0.600. The van der Waals surface area contributed by atoms with E-state index in [9.17, 15) is 0 Å². The van der Waals surface area contributed by atoms with Gasteiger partial charge in [0, 0.05) is 5.02 Å². The van der Waals surface area contributed by atoms with Gasteiger partial charge in [-0.3, -0.25) is 0 Å². The maximum absolute atomic E-state index is 5.95. The Morgan fingerprint density at radius 2 is 1.68 bits per heavy atom. The molecule has 1 saturated carbocycles. The monoisotopic (exact) mass is 307 g/mol. The molecule has 2 rings (SSSR count). The average molecular weight is 308 g/mol. The summed E-state index contributed by atoms with van der Waals surface area (Å²) in [6.45, 7) is 4.63. The molecule has 5 N–H and O–H groups in total. The van der Waals surface area contributed by atoms with Gasteiger partial charge >= 0.3 is 0 Å². The molecule has 0 saturated heterocycles. The van der Waals surface area contributed by atoms with Crippen LogP contribution in [0.3, 0.4) is 0 Å². The summed E-state index contributed by atoms with van der Waals surface area (Å²) < 4.78 is 0. The van der Waals surface area contributed by atoms with Crippen LogP contribution in [0.5, 0.6) is 0 Å². The van der Waals surface area contributed by atoms with Crippen molar-refractivity contribution in [1.82, 2.24) is 6.15 Å². The van der Waals surface area contributed by atoms with Crippen LogP contribution in [0.25, 0.3) is 0 Å². The lowest BCUT2D eigenvalue weighted by Crippen LogP contribution is -2.34. The van der Waals surface area contributed by atoms with Crippen LogP contribution in [0.1, 0.15) is 51.5 Å². The molecule has 0 radical (unpaired) electrons. The molecule has 1 aromatic carbocycles. The summed E-state index contributed by atoms with van der Waals surface area (Å²) in [5.74, 6) is 0.810. The molecule has 2 nitrogen and oxygen atoms in total. The zero-order valence-electron chi connectivity index (χ0n) is 11.9. The molecule has 0 aliphatic heterocycles. The van der Waals surface area contributed by atoms with Gasteiger partial charge in [0.2, 0.25) is 0 Å². The average Bonchev–Trinajstić information content (AvgIpc) is 2.18. The van der Waals surface area contributed by atoms with Gasteiger partial charge in [-0.1, -0.05) is 50.4 Å². The predicted octanol–water partition coefficient (Wildman–Crippen LogP) is 4.96. The molecular formula is C15H27Cl2NO. The quantitative estimate of drug-likeness (QED) is 0.839.